The van der Waals surface area contributed by atoms with Gasteiger partial charge in [0.1, 0.15) is 22.8 Å². The van der Waals surface area contributed by atoms with Crippen LogP contribution in [0.1, 0.15) is 22.6 Å². The number of amides is 1. The molecule has 0 radical (unpaired) electrons. The highest BCUT2D eigenvalue weighted by atomic mass is 16.4. The number of fused-ring (bicyclic) bond motifs is 3. The van der Waals surface area contributed by atoms with Crippen LogP contribution in [-0.2, 0) is 20.8 Å². The zero-order chi connectivity index (χ0) is 27.7. The Hall–Kier alpha value is -3.99. The molecule has 2 aromatic carbocycles. The third-order valence-electron chi connectivity index (χ3n) is 8.10. The lowest BCUT2D eigenvalue weighted by Gasteiger charge is -2.54. The number of aromatic hydroxyl groups is 1. The van der Waals surface area contributed by atoms with E-state index in [1.165, 1.54) is 25.1 Å². The molecular weight excluding hydrogens is 492 g/mol. The minimum Gasteiger partial charge on any atom is -0.508 e. The summed E-state index contributed by atoms with van der Waals surface area (Å²) in [5.41, 5.74) is 2.34. The molecule has 2 aromatic rings. The quantitative estimate of drug-likeness (QED) is 0.316. The fourth-order valence-corrected chi connectivity index (χ4v) is 6.50. The second-order valence-corrected chi connectivity index (χ2v) is 10.3. The highest BCUT2D eigenvalue weighted by Gasteiger charge is 2.68. The van der Waals surface area contributed by atoms with Gasteiger partial charge in [0.15, 0.2) is 11.4 Å². The number of nitrogens with two attached hydrogens (primary N) is 1. The van der Waals surface area contributed by atoms with E-state index in [1.54, 1.807) is 12.1 Å². The molecule has 38 heavy (non-hydrogen) atoms. The van der Waals surface area contributed by atoms with Crippen LogP contribution in [0.25, 0.3) is 5.76 Å². The molecule has 0 aromatic heterocycles. The van der Waals surface area contributed by atoms with Crippen molar-refractivity contribution in [3.8, 4) is 5.75 Å². The van der Waals surface area contributed by atoms with E-state index in [0.717, 1.165) is 5.56 Å². The Morgan fingerprint density at radius 2 is 1.68 bits per heavy atom. The number of nitrogens with zero attached hydrogens (tertiary/aromatic N) is 1. The summed E-state index contributed by atoms with van der Waals surface area (Å²) in [6.45, 7) is 0. The summed E-state index contributed by atoms with van der Waals surface area (Å²) in [7, 11) is 2.94. The van der Waals surface area contributed by atoms with Crippen molar-refractivity contribution < 1.29 is 39.9 Å². The van der Waals surface area contributed by atoms with Gasteiger partial charge in [0, 0.05) is 11.5 Å². The number of phenolic OH excluding ortho intramolecular Hbond substituents is 1. The van der Waals surface area contributed by atoms with Crippen LogP contribution in [0.5, 0.6) is 5.75 Å². The van der Waals surface area contributed by atoms with E-state index in [1.807, 2.05) is 30.3 Å². The third-order valence-corrected chi connectivity index (χ3v) is 8.10. The van der Waals surface area contributed by atoms with Gasteiger partial charge in [0.05, 0.1) is 23.6 Å². The highest BCUT2D eigenvalue weighted by Crippen LogP contribution is 2.56. The fraction of sp³-hybridized carbons (Fsp3) is 0.321. The number of ketones is 2. The molecule has 1 saturated carbocycles. The van der Waals surface area contributed by atoms with Crippen molar-refractivity contribution in [2.24, 2.45) is 17.6 Å². The summed E-state index contributed by atoms with van der Waals surface area (Å²) in [6.07, 6.45) is -1.37. The van der Waals surface area contributed by atoms with Crippen LogP contribution >= 0.6 is 0 Å². The molecule has 1 amide bonds. The Morgan fingerprint density at radius 3 is 2.29 bits per heavy atom. The number of hydrogen-bond acceptors (Lipinski definition) is 9. The summed E-state index contributed by atoms with van der Waals surface area (Å²) >= 11 is 0. The summed E-state index contributed by atoms with van der Waals surface area (Å²) in [5, 5.41) is 56.6. The van der Waals surface area contributed by atoms with Crippen LogP contribution in [0.3, 0.4) is 0 Å². The largest absolute Gasteiger partial charge is 0.508 e. The molecule has 3 aliphatic carbocycles. The van der Waals surface area contributed by atoms with E-state index < -0.39 is 75.6 Å². The molecule has 0 spiro atoms. The van der Waals surface area contributed by atoms with Crippen molar-refractivity contribution in [3.05, 3.63) is 82.1 Å². The zero-order valence-electron chi connectivity index (χ0n) is 20.7. The van der Waals surface area contributed by atoms with E-state index in [4.69, 9.17) is 5.73 Å². The van der Waals surface area contributed by atoms with E-state index in [2.05, 4.69) is 0 Å². The Kier molecular flexibility index (Phi) is 5.94. The van der Waals surface area contributed by atoms with Crippen molar-refractivity contribution in [1.82, 2.24) is 4.90 Å². The number of carbonyl (C=O) groups is 3. The standard InChI is InChI=1S/C28H28N2O8/c1-30(2)21-20-23(33)17-14(11-12-7-4-3-5-8-12)13-9-6-10-15(31)16(13)22(32)18(17)25(35)28(20,38)26(36)19(24(21)34)27(29)37/h3-10,14,17,20-21,23,31-33,36,38H,11H2,1-2H3,(H2,29,37)/t14-,17+,20-,21+,23+,28+/m1/s1. The molecular formula is C28H28N2O8. The maximum Gasteiger partial charge on any atom is 0.255 e. The average Bonchev–Trinajstić information content (AvgIpc) is 2.86. The Balaban J connectivity index is 1.81. The molecule has 6 atom stereocenters. The van der Waals surface area contributed by atoms with Crippen LogP contribution in [0.4, 0.5) is 0 Å². The number of likely N-dealkylation sites (N-methyl/N-ethyl adjacent to an activating group) is 1. The van der Waals surface area contributed by atoms with E-state index in [9.17, 15) is 39.9 Å². The van der Waals surface area contributed by atoms with Crippen LogP contribution in [0.2, 0.25) is 0 Å². The number of hydrogen-bond donors (Lipinski definition) is 6. The van der Waals surface area contributed by atoms with Crippen LogP contribution in [0, 0.1) is 11.8 Å². The van der Waals surface area contributed by atoms with Gasteiger partial charge in [-0.1, -0.05) is 42.5 Å². The van der Waals surface area contributed by atoms with Crippen molar-refractivity contribution in [2.45, 2.75) is 30.1 Å². The molecule has 1 fully saturated rings. The summed E-state index contributed by atoms with van der Waals surface area (Å²) in [5.74, 6) is -9.09. The maximum absolute atomic E-state index is 14.1. The van der Waals surface area contributed by atoms with Crippen LogP contribution in [0.15, 0.2) is 65.4 Å². The van der Waals surface area contributed by atoms with E-state index >= 15 is 0 Å². The molecule has 7 N–H and O–H groups in total. The van der Waals surface area contributed by atoms with Crippen molar-refractivity contribution in [3.63, 3.8) is 0 Å². The molecule has 0 aliphatic heterocycles. The minimum absolute atomic E-state index is 0.0306. The van der Waals surface area contributed by atoms with Gasteiger partial charge in [-0.2, -0.15) is 0 Å². The second-order valence-electron chi connectivity index (χ2n) is 10.3. The Labute approximate surface area is 217 Å². The number of carbonyl (C=O) groups excluding carboxylic acids is 3. The first kappa shape index (κ1) is 25.7. The lowest BCUT2D eigenvalue weighted by atomic mass is 9.53. The number of benzene rings is 2. The van der Waals surface area contributed by atoms with Gasteiger partial charge in [-0.3, -0.25) is 19.3 Å². The van der Waals surface area contributed by atoms with Gasteiger partial charge in [0.25, 0.3) is 5.91 Å². The summed E-state index contributed by atoms with van der Waals surface area (Å²) in [4.78, 5) is 40.9. The monoisotopic (exact) mass is 520 g/mol. The molecule has 0 heterocycles. The van der Waals surface area contributed by atoms with Crippen LogP contribution < -0.4 is 5.73 Å². The molecule has 10 heteroatoms. The topological polar surface area (TPSA) is 182 Å². The lowest BCUT2D eigenvalue weighted by molar-refractivity contribution is -0.169. The van der Waals surface area contributed by atoms with E-state index in [-0.39, 0.29) is 17.7 Å². The number of aliphatic hydroxyl groups is 4. The number of primary amides is 1. The average molecular weight is 521 g/mol. The highest BCUT2D eigenvalue weighted by molar-refractivity contribution is 6.24. The van der Waals surface area contributed by atoms with Crippen molar-refractivity contribution in [2.75, 3.05) is 14.1 Å². The normalized spacial score (nSPS) is 30.7. The molecule has 0 bridgehead atoms. The molecule has 10 nitrogen and oxygen atoms in total. The van der Waals surface area contributed by atoms with Gasteiger partial charge in [-0.15, -0.1) is 0 Å². The number of phenols is 1. The first-order valence-electron chi connectivity index (χ1n) is 12.1. The summed E-state index contributed by atoms with van der Waals surface area (Å²) < 4.78 is 0. The van der Waals surface area contributed by atoms with Gasteiger partial charge in [0.2, 0.25) is 5.78 Å². The van der Waals surface area contributed by atoms with Crippen LogP contribution in [-0.4, -0.2) is 79.7 Å². The molecule has 0 unspecified atom stereocenters. The fourth-order valence-electron chi connectivity index (χ4n) is 6.50. The number of rotatable bonds is 4. The second kappa shape index (κ2) is 8.80. The smallest absolute Gasteiger partial charge is 0.255 e. The third kappa shape index (κ3) is 3.34. The molecule has 5 rings (SSSR count). The first-order valence-corrected chi connectivity index (χ1v) is 12.1. The SMILES string of the molecule is CN(C)[C@@H]1C(=O)C(C(N)=O)=C(O)[C@@]2(O)C(=O)C3=C(O)c4c(O)cccc4[C@@H](Cc4ccccc4)[C@@H]3[C@H](O)[C@@H]12. The Morgan fingerprint density at radius 1 is 1.03 bits per heavy atom. The Bertz CT molecular complexity index is 1430. The zero-order valence-corrected chi connectivity index (χ0v) is 20.7. The molecule has 198 valence electrons. The lowest BCUT2D eigenvalue weighted by Crippen LogP contribution is -2.70. The van der Waals surface area contributed by atoms with E-state index in [0.29, 0.717) is 5.56 Å². The van der Waals surface area contributed by atoms with Gasteiger partial charge < -0.3 is 31.3 Å². The summed E-state index contributed by atoms with van der Waals surface area (Å²) in [6, 6.07) is 12.4. The maximum atomic E-state index is 14.1. The van der Waals surface area contributed by atoms with Crippen molar-refractivity contribution >= 4 is 23.2 Å². The van der Waals surface area contributed by atoms with Gasteiger partial charge in [-0.25, -0.2) is 0 Å². The minimum atomic E-state index is -2.94. The molecule has 3 aliphatic rings. The number of Topliss-reactive ketones (excluding diaryl/α,β-unsaturated/α-hetero) is 2. The predicted molar refractivity (Wildman–Crippen MR) is 135 cm³/mol. The first-order chi connectivity index (χ1) is 17.9. The molecule has 0 saturated heterocycles. The number of aliphatic hydroxyl groups excluding tert-OH is 3. The van der Waals surface area contributed by atoms with Crippen molar-refractivity contribution in [1.29, 1.82) is 0 Å². The predicted octanol–water partition coefficient (Wildman–Crippen LogP) is 0.719. The van der Waals surface area contributed by atoms with Gasteiger partial charge in [-0.05, 0) is 43.6 Å². The van der Waals surface area contributed by atoms with Gasteiger partial charge >= 0.3 is 0 Å².